The molecular formula is C17H26O2. The van der Waals surface area contributed by atoms with Crippen LogP contribution in [0.25, 0.3) is 0 Å². The Balaban J connectivity index is 2.13. The van der Waals surface area contributed by atoms with E-state index in [9.17, 15) is 5.11 Å². The summed E-state index contributed by atoms with van der Waals surface area (Å²) in [4.78, 5) is 0. The molecule has 0 aromatic heterocycles. The summed E-state index contributed by atoms with van der Waals surface area (Å²) in [5.41, 5.74) is 1.27. The van der Waals surface area contributed by atoms with Crippen LogP contribution in [0.3, 0.4) is 0 Å². The molecule has 1 saturated carbocycles. The van der Waals surface area contributed by atoms with Gasteiger partial charge in [-0.3, -0.25) is 0 Å². The van der Waals surface area contributed by atoms with Crippen molar-refractivity contribution >= 4 is 0 Å². The SMILES string of the molecule is CCC(C)c1ccccc1OC1CCCCCC1O. The lowest BCUT2D eigenvalue weighted by Crippen LogP contribution is -2.30. The molecule has 2 heteroatoms. The normalized spacial score (nSPS) is 25.6. The molecule has 1 N–H and O–H groups in total. The lowest BCUT2D eigenvalue weighted by molar-refractivity contribution is 0.0312. The molecule has 106 valence electrons. The molecule has 1 aliphatic rings. The fraction of sp³-hybridized carbons (Fsp3) is 0.647. The summed E-state index contributed by atoms with van der Waals surface area (Å²) in [6.45, 7) is 4.42. The fourth-order valence-corrected chi connectivity index (χ4v) is 2.77. The number of aliphatic hydroxyl groups is 1. The zero-order chi connectivity index (χ0) is 13.7. The van der Waals surface area contributed by atoms with Gasteiger partial charge in [0.25, 0.3) is 0 Å². The molecule has 3 atom stereocenters. The molecule has 0 bridgehead atoms. The monoisotopic (exact) mass is 262 g/mol. The first-order chi connectivity index (χ1) is 9.22. The molecule has 2 nitrogen and oxygen atoms in total. The van der Waals surface area contributed by atoms with Crippen molar-refractivity contribution in [3.8, 4) is 5.75 Å². The molecule has 2 rings (SSSR count). The van der Waals surface area contributed by atoms with Crippen LogP contribution in [0.1, 0.15) is 63.9 Å². The van der Waals surface area contributed by atoms with E-state index in [1.807, 2.05) is 12.1 Å². The number of hydrogen-bond donors (Lipinski definition) is 1. The Morgan fingerprint density at radius 3 is 2.74 bits per heavy atom. The Hall–Kier alpha value is -1.02. The van der Waals surface area contributed by atoms with Crippen LogP contribution in [0.2, 0.25) is 0 Å². The number of ether oxygens (including phenoxy) is 1. The van der Waals surface area contributed by atoms with Crippen molar-refractivity contribution in [1.82, 2.24) is 0 Å². The van der Waals surface area contributed by atoms with Gasteiger partial charge in [0, 0.05) is 0 Å². The molecule has 19 heavy (non-hydrogen) atoms. The van der Waals surface area contributed by atoms with Crippen molar-refractivity contribution in [2.24, 2.45) is 0 Å². The van der Waals surface area contributed by atoms with Crippen LogP contribution in [0.5, 0.6) is 5.75 Å². The predicted molar refractivity (Wildman–Crippen MR) is 78.7 cm³/mol. The zero-order valence-corrected chi connectivity index (χ0v) is 12.1. The minimum absolute atomic E-state index is 0.0345. The van der Waals surface area contributed by atoms with Crippen molar-refractivity contribution in [3.05, 3.63) is 29.8 Å². The highest BCUT2D eigenvalue weighted by Crippen LogP contribution is 2.31. The van der Waals surface area contributed by atoms with E-state index in [0.717, 1.165) is 37.9 Å². The summed E-state index contributed by atoms with van der Waals surface area (Å²) < 4.78 is 6.15. The highest BCUT2D eigenvalue weighted by atomic mass is 16.5. The highest BCUT2D eigenvalue weighted by molar-refractivity contribution is 5.36. The van der Waals surface area contributed by atoms with Crippen LogP contribution in [0, 0.1) is 0 Å². The van der Waals surface area contributed by atoms with Gasteiger partial charge in [-0.15, -0.1) is 0 Å². The molecule has 0 amide bonds. The van der Waals surface area contributed by atoms with Crippen LogP contribution >= 0.6 is 0 Å². The average Bonchev–Trinajstić information content (AvgIpc) is 2.64. The van der Waals surface area contributed by atoms with Gasteiger partial charge in [0.1, 0.15) is 11.9 Å². The molecule has 1 aliphatic carbocycles. The maximum absolute atomic E-state index is 10.2. The summed E-state index contributed by atoms with van der Waals surface area (Å²) >= 11 is 0. The summed E-state index contributed by atoms with van der Waals surface area (Å²) in [6.07, 6.45) is 6.09. The maximum Gasteiger partial charge on any atom is 0.124 e. The maximum atomic E-state index is 10.2. The zero-order valence-electron chi connectivity index (χ0n) is 12.1. The van der Waals surface area contributed by atoms with Gasteiger partial charge in [-0.2, -0.15) is 0 Å². The van der Waals surface area contributed by atoms with Gasteiger partial charge in [-0.05, 0) is 43.2 Å². The first-order valence-electron chi connectivity index (χ1n) is 7.66. The molecule has 3 unspecified atom stereocenters. The van der Waals surface area contributed by atoms with E-state index in [4.69, 9.17) is 4.74 Å². The van der Waals surface area contributed by atoms with Gasteiger partial charge in [0.2, 0.25) is 0 Å². The second-order valence-corrected chi connectivity index (χ2v) is 5.71. The van der Waals surface area contributed by atoms with Gasteiger partial charge in [0.05, 0.1) is 6.10 Å². The van der Waals surface area contributed by atoms with Gasteiger partial charge < -0.3 is 9.84 Å². The first kappa shape index (κ1) is 14.4. The van der Waals surface area contributed by atoms with Crippen LogP contribution in [0.4, 0.5) is 0 Å². The van der Waals surface area contributed by atoms with Crippen molar-refractivity contribution < 1.29 is 9.84 Å². The summed E-state index contributed by atoms with van der Waals surface area (Å²) in [6, 6.07) is 8.27. The lowest BCUT2D eigenvalue weighted by Gasteiger charge is -2.24. The number of rotatable bonds is 4. The second kappa shape index (κ2) is 6.95. The van der Waals surface area contributed by atoms with E-state index in [1.165, 1.54) is 12.0 Å². The first-order valence-corrected chi connectivity index (χ1v) is 7.66. The second-order valence-electron chi connectivity index (χ2n) is 5.71. The molecular weight excluding hydrogens is 236 g/mol. The topological polar surface area (TPSA) is 29.5 Å². The average molecular weight is 262 g/mol. The van der Waals surface area contributed by atoms with E-state index >= 15 is 0 Å². The van der Waals surface area contributed by atoms with E-state index < -0.39 is 0 Å². The minimum atomic E-state index is -0.313. The van der Waals surface area contributed by atoms with Gasteiger partial charge in [0.15, 0.2) is 0 Å². The number of hydrogen-bond acceptors (Lipinski definition) is 2. The Bertz CT molecular complexity index is 389. The van der Waals surface area contributed by atoms with Crippen molar-refractivity contribution in [3.63, 3.8) is 0 Å². The van der Waals surface area contributed by atoms with Crippen molar-refractivity contribution in [1.29, 1.82) is 0 Å². The summed E-state index contributed by atoms with van der Waals surface area (Å²) in [5, 5.41) is 10.2. The summed E-state index contributed by atoms with van der Waals surface area (Å²) in [5.74, 6) is 1.46. The molecule has 0 spiro atoms. The van der Waals surface area contributed by atoms with Gasteiger partial charge in [-0.1, -0.05) is 44.9 Å². The third-order valence-electron chi connectivity index (χ3n) is 4.26. The number of aliphatic hydroxyl groups excluding tert-OH is 1. The van der Waals surface area contributed by atoms with Crippen molar-refractivity contribution in [2.75, 3.05) is 0 Å². The van der Waals surface area contributed by atoms with E-state index in [1.54, 1.807) is 0 Å². The Morgan fingerprint density at radius 2 is 1.95 bits per heavy atom. The molecule has 0 aliphatic heterocycles. The van der Waals surface area contributed by atoms with Gasteiger partial charge in [-0.25, -0.2) is 0 Å². The lowest BCUT2D eigenvalue weighted by atomic mass is 9.97. The highest BCUT2D eigenvalue weighted by Gasteiger charge is 2.24. The van der Waals surface area contributed by atoms with Crippen molar-refractivity contribution in [2.45, 2.75) is 70.5 Å². The Kier molecular flexibility index (Phi) is 5.26. The van der Waals surface area contributed by atoms with Crippen LogP contribution in [0.15, 0.2) is 24.3 Å². The number of para-hydroxylation sites is 1. The number of benzene rings is 1. The Labute approximate surface area is 116 Å². The van der Waals surface area contributed by atoms with Gasteiger partial charge >= 0.3 is 0 Å². The molecule has 0 heterocycles. The molecule has 0 radical (unpaired) electrons. The molecule has 1 fully saturated rings. The third-order valence-corrected chi connectivity index (χ3v) is 4.26. The van der Waals surface area contributed by atoms with E-state index in [-0.39, 0.29) is 12.2 Å². The Morgan fingerprint density at radius 1 is 1.21 bits per heavy atom. The smallest absolute Gasteiger partial charge is 0.124 e. The predicted octanol–water partition coefficient (Wildman–Crippen LogP) is 4.27. The standard InChI is InChI=1S/C17H26O2/c1-3-13(2)14-9-7-8-11-16(14)19-17-12-6-4-5-10-15(17)18/h7-9,11,13,15,17-18H,3-6,10,12H2,1-2H3. The molecule has 1 aromatic rings. The quantitative estimate of drug-likeness (QED) is 0.821. The van der Waals surface area contributed by atoms with Crippen LogP contribution < -0.4 is 4.74 Å². The van der Waals surface area contributed by atoms with Crippen LogP contribution in [-0.4, -0.2) is 17.3 Å². The summed E-state index contributed by atoms with van der Waals surface area (Å²) in [7, 11) is 0. The molecule has 0 saturated heterocycles. The molecule has 1 aromatic carbocycles. The van der Waals surface area contributed by atoms with E-state index in [2.05, 4.69) is 26.0 Å². The third kappa shape index (κ3) is 3.73. The largest absolute Gasteiger partial charge is 0.487 e. The fourth-order valence-electron chi connectivity index (χ4n) is 2.77. The van der Waals surface area contributed by atoms with E-state index in [0.29, 0.717) is 5.92 Å². The minimum Gasteiger partial charge on any atom is -0.487 e. The van der Waals surface area contributed by atoms with Crippen LogP contribution in [-0.2, 0) is 0 Å².